The first-order chi connectivity index (χ1) is 16.5. The molecule has 1 N–H and O–H groups in total. The molecule has 1 amide bonds. The first-order valence-corrected chi connectivity index (χ1v) is 10.5. The summed E-state index contributed by atoms with van der Waals surface area (Å²) in [5.41, 5.74) is 1.76. The van der Waals surface area contributed by atoms with Crippen LogP contribution in [0.4, 0.5) is 10.5 Å². The van der Waals surface area contributed by atoms with Crippen molar-refractivity contribution in [3.8, 4) is 5.75 Å². The molecule has 3 rings (SSSR count). The molecule has 9 nitrogen and oxygen atoms in total. The fraction of sp³-hybridized carbons (Fsp3) is 0.200. The molecule has 0 fully saturated rings. The second kappa shape index (κ2) is 12.0. The number of alkyl carbamates (subject to hydrolysis) is 1. The maximum absolute atomic E-state index is 12.8. The van der Waals surface area contributed by atoms with Crippen LogP contribution >= 0.6 is 0 Å². The second-order valence-corrected chi connectivity index (χ2v) is 7.32. The second-order valence-electron chi connectivity index (χ2n) is 7.32. The zero-order valence-electron chi connectivity index (χ0n) is 18.5. The molecule has 1 atom stereocenters. The van der Waals surface area contributed by atoms with Gasteiger partial charge < -0.3 is 19.5 Å². The third-order valence-electron chi connectivity index (χ3n) is 4.89. The molecule has 0 spiro atoms. The zero-order valence-corrected chi connectivity index (χ0v) is 18.5. The molecule has 0 radical (unpaired) electrons. The number of methoxy groups -OCH3 is 1. The Morgan fingerprint density at radius 1 is 0.882 bits per heavy atom. The van der Waals surface area contributed by atoms with Gasteiger partial charge in [-0.3, -0.25) is 10.1 Å². The minimum Gasteiger partial charge on any atom is -0.490 e. The molecule has 0 saturated heterocycles. The molecule has 0 saturated carbocycles. The van der Waals surface area contributed by atoms with Crippen LogP contribution in [0.3, 0.4) is 0 Å². The highest BCUT2D eigenvalue weighted by Gasteiger charge is 2.25. The number of ether oxygens (including phenoxy) is 3. The minimum absolute atomic E-state index is 0.0136. The molecule has 9 heteroatoms. The Morgan fingerprint density at radius 3 is 2.03 bits per heavy atom. The number of benzene rings is 3. The Labute approximate surface area is 196 Å². The van der Waals surface area contributed by atoms with Gasteiger partial charge in [0.2, 0.25) is 0 Å². The lowest BCUT2D eigenvalue weighted by molar-refractivity contribution is -0.385. The Hall–Kier alpha value is -4.40. The van der Waals surface area contributed by atoms with Crippen LogP contribution in [0.5, 0.6) is 5.75 Å². The van der Waals surface area contributed by atoms with Gasteiger partial charge in [0, 0.05) is 12.5 Å². The van der Waals surface area contributed by atoms with Gasteiger partial charge >= 0.3 is 17.7 Å². The van der Waals surface area contributed by atoms with E-state index in [1.165, 1.54) is 19.2 Å². The largest absolute Gasteiger partial charge is 0.490 e. The normalized spacial score (nSPS) is 11.2. The molecule has 0 aliphatic carbocycles. The lowest BCUT2D eigenvalue weighted by atomic mass is 10.0. The first-order valence-electron chi connectivity index (χ1n) is 10.5. The van der Waals surface area contributed by atoms with E-state index in [9.17, 15) is 19.7 Å². The minimum atomic E-state index is -1.13. The standard InChI is InChI=1S/C25H24N2O7/c1-32-23-13-12-20(15-22(23)27(30)31)14-21(24(28)33-16-18-8-4-2-5-9-18)26-25(29)34-17-19-10-6-3-7-11-19/h2-13,15,21H,14,16-17H2,1H3,(H,26,29)/t21-/m0/s1. The fourth-order valence-electron chi connectivity index (χ4n) is 3.17. The van der Waals surface area contributed by atoms with E-state index in [1.807, 2.05) is 36.4 Å². The fourth-order valence-corrected chi connectivity index (χ4v) is 3.17. The predicted molar refractivity (Wildman–Crippen MR) is 123 cm³/mol. The molecule has 0 aliphatic heterocycles. The summed E-state index contributed by atoms with van der Waals surface area (Å²) in [5, 5.41) is 13.9. The number of nitrogens with zero attached hydrogens (tertiary/aromatic N) is 1. The van der Waals surface area contributed by atoms with Crippen molar-refractivity contribution in [2.24, 2.45) is 0 Å². The third kappa shape index (κ3) is 7.06. The summed E-state index contributed by atoms with van der Waals surface area (Å²) >= 11 is 0. The lowest BCUT2D eigenvalue weighted by Crippen LogP contribution is -2.43. The molecular formula is C25H24N2O7. The molecule has 176 valence electrons. The van der Waals surface area contributed by atoms with Crippen LogP contribution in [-0.2, 0) is 33.9 Å². The highest BCUT2D eigenvalue weighted by atomic mass is 16.6. The number of nitrogens with one attached hydrogen (secondary N) is 1. The summed E-state index contributed by atoms with van der Waals surface area (Å²) < 4.78 is 15.6. The maximum Gasteiger partial charge on any atom is 0.408 e. The monoisotopic (exact) mass is 464 g/mol. The van der Waals surface area contributed by atoms with E-state index in [-0.39, 0.29) is 31.1 Å². The first kappa shape index (κ1) is 24.2. The van der Waals surface area contributed by atoms with E-state index in [2.05, 4.69) is 5.32 Å². The summed E-state index contributed by atoms with van der Waals surface area (Å²) in [6.07, 6.45) is -0.854. The Kier molecular flexibility index (Phi) is 8.56. The van der Waals surface area contributed by atoms with Gasteiger partial charge in [0.1, 0.15) is 19.3 Å². The van der Waals surface area contributed by atoms with Crippen LogP contribution in [0.2, 0.25) is 0 Å². The van der Waals surface area contributed by atoms with Crippen LogP contribution in [0, 0.1) is 10.1 Å². The van der Waals surface area contributed by atoms with Gasteiger partial charge in [-0.15, -0.1) is 0 Å². The summed E-state index contributed by atoms with van der Waals surface area (Å²) in [6, 6.07) is 21.4. The van der Waals surface area contributed by atoms with E-state index in [4.69, 9.17) is 14.2 Å². The average molecular weight is 464 g/mol. The van der Waals surface area contributed by atoms with Crippen molar-refractivity contribution in [1.29, 1.82) is 0 Å². The molecule has 3 aromatic carbocycles. The highest BCUT2D eigenvalue weighted by Crippen LogP contribution is 2.28. The van der Waals surface area contributed by atoms with Crippen LogP contribution in [0.25, 0.3) is 0 Å². The highest BCUT2D eigenvalue weighted by molar-refractivity contribution is 5.81. The van der Waals surface area contributed by atoms with Gasteiger partial charge in [-0.2, -0.15) is 0 Å². The number of hydrogen-bond donors (Lipinski definition) is 1. The summed E-state index contributed by atoms with van der Waals surface area (Å²) in [7, 11) is 1.33. The number of nitro groups is 1. The van der Waals surface area contributed by atoms with Gasteiger partial charge in [0.25, 0.3) is 0 Å². The predicted octanol–water partition coefficient (Wildman–Crippen LogP) is 4.18. The van der Waals surface area contributed by atoms with Crippen molar-refractivity contribution in [2.75, 3.05) is 7.11 Å². The Balaban J connectivity index is 1.72. The molecular weight excluding hydrogens is 440 g/mol. The molecule has 0 aromatic heterocycles. The van der Waals surface area contributed by atoms with Crippen molar-refractivity contribution in [2.45, 2.75) is 25.7 Å². The van der Waals surface area contributed by atoms with Gasteiger partial charge in [0.15, 0.2) is 5.75 Å². The topological polar surface area (TPSA) is 117 Å². The van der Waals surface area contributed by atoms with Crippen LogP contribution in [-0.4, -0.2) is 30.1 Å². The number of rotatable bonds is 10. The third-order valence-corrected chi connectivity index (χ3v) is 4.89. The van der Waals surface area contributed by atoms with E-state index < -0.39 is 23.0 Å². The Bertz CT molecular complexity index is 1120. The van der Waals surface area contributed by atoms with Crippen LogP contribution in [0.1, 0.15) is 16.7 Å². The van der Waals surface area contributed by atoms with Gasteiger partial charge in [0.05, 0.1) is 12.0 Å². The zero-order chi connectivity index (χ0) is 24.3. The van der Waals surface area contributed by atoms with E-state index >= 15 is 0 Å². The van der Waals surface area contributed by atoms with Crippen LogP contribution < -0.4 is 10.1 Å². The lowest BCUT2D eigenvalue weighted by Gasteiger charge is -2.18. The van der Waals surface area contributed by atoms with Gasteiger partial charge in [-0.05, 0) is 22.8 Å². The summed E-state index contributed by atoms with van der Waals surface area (Å²) in [4.78, 5) is 36.0. The Morgan fingerprint density at radius 2 is 1.47 bits per heavy atom. The van der Waals surface area contributed by atoms with Crippen LogP contribution in [0.15, 0.2) is 78.9 Å². The van der Waals surface area contributed by atoms with Crippen molar-refractivity contribution >= 4 is 17.7 Å². The summed E-state index contributed by atoms with van der Waals surface area (Å²) in [6.45, 7) is 0.0339. The summed E-state index contributed by atoms with van der Waals surface area (Å²) in [5.74, 6) is -0.605. The number of esters is 1. The quantitative estimate of drug-likeness (QED) is 0.272. The number of amides is 1. The molecule has 0 aliphatic rings. The van der Waals surface area contributed by atoms with E-state index in [1.54, 1.807) is 30.3 Å². The molecule has 0 unspecified atom stereocenters. The molecule has 0 bridgehead atoms. The van der Waals surface area contributed by atoms with E-state index in [0.717, 1.165) is 11.1 Å². The maximum atomic E-state index is 12.8. The van der Waals surface area contributed by atoms with Crippen molar-refractivity contribution in [3.05, 3.63) is 106 Å². The van der Waals surface area contributed by atoms with Crippen molar-refractivity contribution in [1.82, 2.24) is 5.32 Å². The smallest absolute Gasteiger partial charge is 0.408 e. The molecule has 34 heavy (non-hydrogen) atoms. The van der Waals surface area contributed by atoms with Crippen molar-refractivity contribution < 1.29 is 28.7 Å². The number of hydrogen-bond acceptors (Lipinski definition) is 7. The number of nitro benzene ring substituents is 1. The molecule has 0 heterocycles. The average Bonchev–Trinajstić information content (AvgIpc) is 2.86. The van der Waals surface area contributed by atoms with Gasteiger partial charge in [-0.1, -0.05) is 66.7 Å². The number of carbonyl (C=O) groups excluding carboxylic acids is 2. The van der Waals surface area contributed by atoms with Gasteiger partial charge in [-0.25, -0.2) is 9.59 Å². The van der Waals surface area contributed by atoms with Crippen molar-refractivity contribution in [3.63, 3.8) is 0 Å². The van der Waals surface area contributed by atoms with E-state index in [0.29, 0.717) is 5.56 Å². The molecule has 3 aromatic rings. The SMILES string of the molecule is COc1ccc(C[C@H](NC(=O)OCc2ccccc2)C(=O)OCc2ccccc2)cc1[N+](=O)[O-]. The number of carbonyl (C=O) groups is 2.